The van der Waals surface area contributed by atoms with Crippen molar-refractivity contribution in [1.82, 2.24) is 15.1 Å². The summed E-state index contributed by atoms with van der Waals surface area (Å²) in [6.07, 6.45) is -0.870. The summed E-state index contributed by atoms with van der Waals surface area (Å²) >= 11 is 0. The molecule has 2 aliphatic rings. The van der Waals surface area contributed by atoms with Crippen molar-refractivity contribution >= 4 is 17.9 Å². The zero-order valence-electron chi connectivity index (χ0n) is 11.7. The van der Waals surface area contributed by atoms with E-state index in [1.807, 2.05) is 0 Å². The van der Waals surface area contributed by atoms with E-state index in [2.05, 4.69) is 5.32 Å². The normalized spacial score (nSPS) is 29.3. The van der Waals surface area contributed by atoms with E-state index in [4.69, 9.17) is 9.84 Å². The van der Waals surface area contributed by atoms with Gasteiger partial charge in [-0.15, -0.1) is 0 Å². The van der Waals surface area contributed by atoms with E-state index in [9.17, 15) is 19.5 Å². The van der Waals surface area contributed by atoms with Gasteiger partial charge in [0.15, 0.2) is 0 Å². The van der Waals surface area contributed by atoms with Crippen LogP contribution in [-0.4, -0.2) is 89.5 Å². The first-order valence-electron chi connectivity index (χ1n) is 6.73. The molecular weight excluding hydrogens is 282 g/mol. The van der Waals surface area contributed by atoms with Crippen molar-refractivity contribution in [2.45, 2.75) is 24.6 Å². The van der Waals surface area contributed by atoms with Gasteiger partial charge in [-0.3, -0.25) is 4.79 Å². The number of hydrogen-bond acceptors (Lipinski definition) is 5. The second-order valence-electron chi connectivity index (χ2n) is 5.08. The molecule has 2 fully saturated rings. The average molecular weight is 301 g/mol. The topological polar surface area (TPSA) is 119 Å². The Morgan fingerprint density at radius 1 is 1.24 bits per heavy atom. The molecule has 2 rings (SSSR count). The fourth-order valence-electron chi connectivity index (χ4n) is 2.64. The highest BCUT2D eigenvalue weighted by molar-refractivity contribution is 5.89. The number of carboxylic acids is 1. The Hall–Kier alpha value is -1.87. The highest BCUT2D eigenvalue weighted by Crippen LogP contribution is 2.22. The summed E-state index contributed by atoms with van der Waals surface area (Å²) in [5.74, 6) is -1.53. The molecule has 9 nitrogen and oxygen atoms in total. The first kappa shape index (κ1) is 15.5. The number of carbonyl (C=O) groups excluding carboxylic acids is 2. The van der Waals surface area contributed by atoms with E-state index >= 15 is 0 Å². The molecule has 0 saturated carbocycles. The van der Waals surface area contributed by atoms with Gasteiger partial charge in [-0.2, -0.15) is 0 Å². The van der Waals surface area contributed by atoms with Crippen LogP contribution in [0.25, 0.3) is 0 Å². The molecule has 0 aromatic rings. The third-order valence-corrected chi connectivity index (χ3v) is 3.73. The van der Waals surface area contributed by atoms with Crippen LogP contribution in [0.4, 0.5) is 4.79 Å². The monoisotopic (exact) mass is 301 g/mol. The van der Waals surface area contributed by atoms with Gasteiger partial charge in [0.05, 0.1) is 19.3 Å². The van der Waals surface area contributed by atoms with Crippen LogP contribution in [-0.2, 0) is 14.3 Å². The fraction of sp³-hybridized carbons (Fsp3) is 0.750. The largest absolute Gasteiger partial charge is 0.480 e. The first-order chi connectivity index (χ1) is 9.95. The molecule has 0 aromatic carbocycles. The van der Waals surface area contributed by atoms with E-state index in [1.165, 1.54) is 11.9 Å². The van der Waals surface area contributed by atoms with Crippen LogP contribution in [0.1, 0.15) is 6.42 Å². The number of nitrogens with zero attached hydrogens (tertiary/aromatic N) is 2. The Kier molecular flexibility index (Phi) is 4.63. The van der Waals surface area contributed by atoms with E-state index in [0.717, 1.165) is 4.90 Å². The second kappa shape index (κ2) is 6.27. The molecule has 0 radical (unpaired) electrons. The van der Waals surface area contributed by atoms with Crippen molar-refractivity contribution in [2.75, 3.05) is 33.4 Å². The van der Waals surface area contributed by atoms with Gasteiger partial charge in [0.25, 0.3) is 0 Å². The predicted octanol–water partition coefficient (Wildman–Crippen LogP) is -1.93. The van der Waals surface area contributed by atoms with Crippen LogP contribution in [0.3, 0.4) is 0 Å². The Morgan fingerprint density at radius 3 is 2.57 bits per heavy atom. The Bertz CT molecular complexity index is 443. The van der Waals surface area contributed by atoms with Gasteiger partial charge in [0.1, 0.15) is 12.1 Å². The molecule has 3 atom stereocenters. The number of nitrogens with one attached hydrogen (secondary N) is 1. The van der Waals surface area contributed by atoms with Crippen molar-refractivity contribution in [3.8, 4) is 0 Å². The van der Waals surface area contributed by atoms with Crippen molar-refractivity contribution in [3.05, 3.63) is 0 Å². The van der Waals surface area contributed by atoms with Gasteiger partial charge in [0.2, 0.25) is 5.91 Å². The van der Waals surface area contributed by atoms with Gasteiger partial charge >= 0.3 is 12.0 Å². The molecule has 3 amide bonds. The number of aliphatic hydroxyl groups is 1. The molecule has 21 heavy (non-hydrogen) atoms. The number of carbonyl (C=O) groups is 3. The number of carboxylic acid groups (broad SMARTS) is 1. The summed E-state index contributed by atoms with van der Waals surface area (Å²) in [5.41, 5.74) is 0. The standard InChI is InChI=1S/C12H19N3O6/c1-13-10(17)9-6-21-3-2-14(9)12(20)15-5-7(16)4-8(15)11(18)19/h7-9,16H,2-6H2,1H3,(H,13,17)(H,18,19)/t7-,8-,9?/m1/s1. The van der Waals surface area contributed by atoms with Crippen LogP contribution in [0, 0.1) is 0 Å². The Labute approximate surface area is 121 Å². The lowest BCUT2D eigenvalue weighted by Crippen LogP contribution is -2.59. The van der Waals surface area contributed by atoms with E-state index in [0.29, 0.717) is 0 Å². The molecule has 3 N–H and O–H groups in total. The molecule has 0 aromatic heterocycles. The van der Waals surface area contributed by atoms with Gasteiger partial charge < -0.3 is 30.1 Å². The van der Waals surface area contributed by atoms with Crippen LogP contribution >= 0.6 is 0 Å². The number of urea groups is 1. The molecule has 118 valence electrons. The third kappa shape index (κ3) is 3.08. The number of hydrogen-bond donors (Lipinski definition) is 3. The lowest BCUT2D eigenvalue weighted by Gasteiger charge is -2.37. The summed E-state index contributed by atoms with van der Waals surface area (Å²) < 4.78 is 5.20. The molecule has 2 heterocycles. The summed E-state index contributed by atoms with van der Waals surface area (Å²) in [6.45, 7) is 0.510. The summed E-state index contributed by atoms with van der Waals surface area (Å²) in [6, 6.07) is -2.42. The zero-order chi connectivity index (χ0) is 15.6. The minimum Gasteiger partial charge on any atom is -0.480 e. The minimum atomic E-state index is -1.16. The number of aliphatic hydroxyl groups excluding tert-OH is 1. The number of likely N-dealkylation sites (tertiary alicyclic amines) is 1. The highest BCUT2D eigenvalue weighted by atomic mass is 16.5. The number of β-amino-alcohol motifs (C(OH)–C–C–N with tert-alkyl or cyclic N) is 1. The van der Waals surface area contributed by atoms with Crippen LogP contribution in [0.5, 0.6) is 0 Å². The van der Waals surface area contributed by atoms with Crippen molar-refractivity contribution in [2.24, 2.45) is 0 Å². The Balaban J connectivity index is 2.16. The molecule has 1 unspecified atom stereocenters. The highest BCUT2D eigenvalue weighted by Gasteiger charge is 2.43. The number of rotatable bonds is 2. The van der Waals surface area contributed by atoms with Crippen molar-refractivity contribution in [1.29, 1.82) is 0 Å². The molecule has 0 spiro atoms. The number of amides is 3. The molecular formula is C12H19N3O6. The maximum absolute atomic E-state index is 12.5. The summed E-state index contributed by atoms with van der Waals surface area (Å²) in [7, 11) is 1.46. The average Bonchev–Trinajstić information content (AvgIpc) is 2.88. The lowest BCUT2D eigenvalue weighted by molar-refractivity contribution is -0.141. The maximum atomic E-state index is 12.5. The minimum absolute atomic E-state index is 0.00391. The number of likely N-dealkylation sites (N-methyl/N-ethyl adjacent to an activating group) is 1. The smallest absolute Gasteiger partial charge is 0.326 e. The molecule has 2 saturated heterocycles. The van der Waals surface area contributed by atoms with E-state index in [-0.39, 0.29) is 38.6 Å². The van der Waals surface area contributed by atoms with Crippen molar-refractivity contribution < 1.29 is 29.3 Å². The summed E-state index contributed by atoms with van der Waals surface area (Å²) in [4.78, 5) is 37.9. The van der Waals surface area contributed by atoms with Gasteiger partial charge in [-0.1, -0.05) is 0 Å². The predicted molar refractivity (Wildman–Crippen MR) is 69.5 cm³/mol. The second-order valence-corrected chi connectivity index (χ2v) is 5.08. The first-order valence-corrected chi connectivity index (χ1v) is 6.73. The Morgan fingerprint density at radius 2 is 1.95 bits per heavy atom. The zero-order valence-corrected chi connectivity index (χ0v) is 11.7. The van der Waals surface area contributed by atoms with Gasteiger partial charge in [-0.25, -0.2) is 9.59 Å². The summed E-state index contributed by atoms with van der Waals surface area (Å²) in [5, 5.41) is 21.2. The number of ether oxygens (including phenoxy) is 1. The van der Waals surface area contributed by atoms with Gasteiger partial charge in [-0.05, 0) is 0 Å². The lowest BCUT2D eigenvalue weighted by atomic mass is 10.2. The maximum Gasteiger partial charge on any atom is 0.326 e. The molecule has 2 aliphatic heterocycles. The van der Waals surface area contributed by atoms with E-state index in [1.54, 1.807) is 0 Å². The SMILES string of the molecule is CNC(=O)C1COCCN1C(=O)N1C[C@H](O)C[C@@H]1C(=O)O. The third-order valence-electron chi connectivity index (χ3n) is 3.73. The van der Waals surface area contributed by atoms with Gasteiger partial charge in [0, 0.05) is 26.6 Å². The number of aliphatic carboxylic acids is 1. The van der Waals surface area contributed by atoms with E-state index < -0.39 is 30.2 Å². The van der Waals surface area contributed by atoms with Crippen LogP contribution in [0.2, 0.25) is 0 Å². The fourth-order valence-corrected chi connectivity index (χ4v) is 2.64. The molecule has 0 bridgehead atoms. The quantitative estimate of drug-likeness (QED) is 0.546. The van der Waals surface area contributed by atoms with Crippen molar-refractivity contribution in [3.63, 3.8) is 0 Å². The number of morpholine rings is 1. The van der Waals surface area contributed by atoms with Crippen LogP contribution in [0.15, 0.2) is 0 Å². The van der Waals surface area contributed by atoms with Crippen LogP contribution < -0.4 is 5.32 Å². The molecule has 0 aliphatic carbocycles. The molecule has 9 heteroatoms.